The molecular formula is C24H21N3O3. The average molecular weight is 399 g/mol. The summed E-state index contributed by atoms with van der Waals surface area (Å²) in [6, 6.07) is 20.2. The van der Waals surface area contributed by atoms with Crippen molar-refractivity contribution >= 4 is 5.91 Å². The van der Waals surface area contributed by atoms with Gasteiger partial charge in [-0.05, 0) is 65.6 Å². The Kier molecular flexibility index (Phi) is 5.30. The molecule has 0 unspecified atom stereocenters. The van der Waals surface area contributed by atoms with Crippen LogP contribution in [-0.2, 0) is 6.54 Å². The number of aryl methyl sites for hydroxylation is 2. The summed E-state index contributed by atoms with van der Waals surface area (Å²) < 4.78 is 5.53. The van der Waals surface area contributed by atoms with E-state index in [0.29, 0.717) is 23.9 Å². The Balaban J connectivity index is 1.50. The van der Waals surface area contributed by atoms with E-state index >= 15 is 0 Å². The van der Waals surface area contributed by atoms with E-state index in [-0.39, 0.29) is 11.7 Å². The number of carbonyl (C=O) groups excluding carboxylic acids is 1. The Morgan fingerprint density at radius 3 is 2.30 bits per heavy atom. The number of benzene rings is 3. The molecular weight excluding hydrogens is 378 g/mol. The largest absolute Gasteiger partial charge is 0.508 e. The molecule has 6 nitrogen and oxygen atoms in total. The SMILES string of the molecule is Cc1nnc(-c2ccc(C)c(-c3ccc(C(=O)NCc4ccc(O)cc4)cc3)c2)o1. The van der Waals surface area contributed by atoms with E-state index in [4.69, 9.17) is 4.42 Å². The van der Waals surface area contributed by atoms with Gasteiger partial charge in [0.1, 0.15) is 5.75 Å². The topological polar surface area (TPSA) is 88.2 Å². The molecule has 0 saturated heterocycles. The van der Waals surface area contributed by atoms with Gasteiger partial charge < -0.3 is 14.8 Å². The van der Waals surface area contributed by atoms with Gasteiger partial charge in [0.25, 0.3) is 5.91 Å². The maximum atomic E-state index is 12.5. The van der Waals surface area contributed by atoms with Gasteiger partial charge in [-0.1, -0.05) is 30.3 Å². The van der Waals surface area contributed by atoms with E-state index in [0.717, 1.165) is 27.8 Å². The van der Waals surface area contributed by atoms with E-state index in [1.54, 1.807) is 31.2 Å². The molecule has 0 atom stereocenters. The van der Waals surface area contributed by atoms with Gasteiger partial charge >= 0.3 is 0 Å². The summed E-state index contributed by atoms with van der Waals surface area (Å²) in [5.41, 5.74) is 5.51. The van der Waals surface area contributed by atoms with Crippen LogP contribution in [0.1, 0.15) is 27.4 Å². The van der Waals surface area contributed by atoms with Gasteiger partial charge in [0.15, 0.2) is 0 Å². The predicted molar refractivity (Wildman–Crippen MR) is 114 cm³/mol. The van der Waals surface area contributed by atoms with Crippen molar-refractivity contribution in [3.05, 3.63) is 89.3 Å². The first kappa shape index (κ1) is 19.4. The molecule has 0 saturated carbocycles. The Morgan fingerprint density at radius 2 is 1.63 bits per heavy atom. The number of rotatable bonds is 5. The van der Waals surface area contributed by atoms with Crippen molar-refractivity contribution < 1.29 is 14.3 Å². The van der Waals surface area contributed by atoms with E-state index in [1.807, 2.05) is 49.4 Å². The van der Waals surface area contributed by atoms with Crippen LogP contribution in [0.2, 0.25) is 0 Å². The van der Waals surface area contributed by atoms with Crippen LogP contribution in [0.3, 0.4) is 0 Å². The highest BCUT2D eigenvalue weighted by molar-refractivity contribution is 5.94. The molecule has 1 heterocycles. The van der Waals surface area contributed by atoms with E-state index in [9.17, 15) is 9.90 Å². The molecule has 0 aliphatic rings. The highest BCUT2D eigenvalue weighted by Crippen LogP contribution is 2.29. The summed E-state index contributed by atoms with van der Waals surface area (Å²) in [5, 5.41) is 20.2. The van der Waals surface area contributed by atoms with Crippen LogP contribution >= 0.6 is 0 Å². The zero-order valence-corrected chi connectivity index (χ0v) is 16.7. The Labute approximate surface area is 174 Å². The lowest BCUT2D eigenvalue weighted by atomic mass is 9.97. The third kappa shape index (κ3) is 4.22. The molecule has 2 N–H and O–H groups in total. The van der Waals surface area contributed by atoms with Gasteiger partial charge in [0.2, 0.25) is 11.8 Å². The minimum Gasteiger partial charge on any atom is -0.508 e. The van der Waals surface area contributed by atoms with Crippen LogP contribution in [0.4, 0.5) is 0 Å². The van der Waals surface area contributed by atoms with Gasteiger partial charge in [0, 0.05) is 24.6 Å². The highest BCUT2D eigenvalue weighted by Gasteiger charge is 2.11. The molecule has 0 spiro atoms. The van der Waals surface area contributed by atoms with Gasteiger partial charge in [0.05, 0.1) is 0 Å². The first-order chi connectivity index (χ1) is 14.5. The minimum atomic E-state index is -0.151. The van der Waals surface area contributed by atoms with E-state index in [2.05, 4.69) is 15.5 Å². The third-order valence-electron chi connectivity index (χ3n) is 4.86. The second-order valence-corrected chi connectivity index (χ2v) is 7.08. The summed E-state index contributed by atoms with van der Waals surface area (Å²) in [6.45, 7) is 4.19. The standard InChI is InChI=1S/C24H21N3O3/c1-15-3-6-20(24-27-26-16(2)30-24)13-22(15)18-7-9-19(10-8-18)23(29)25-14-17-4-11-21(28)12-5-17/h3-13,28H,14H2,1-2H3,(H,25,29). The quantitative estimate of drug-likeness (QED) is 0.510. The van der Waals surface area contributed by atoms with E-state index < -0.39 is 0 Å². The number of amides is 1. The van der Waals surface area contributed by atoms with Crippen molar-refractivity contribution in [1.29, 1.82) is 0 Å². The lowest BCUT2D eigenvalue weighted by Crippen LogP contribution is -2.22. The lowest BCUT2D eigenvalue weighted by Gasteiger charge is -2.10. The maximum absolute atomic E-state index is 12.5. The van der Waals surface area contributed by atoms with Crippen molar-refractivity contribution in [2.45, 2.75) is 20.4 Å². The van der Waals surface area contributed by atoms with Crippen molar-refractivity contribution in [2.75, 3.05) is 0 Å². The maximum Gasteiger partial charge on any atom is 0.251 e. The number of aromatic nitrogens is 2. The average Bonchev–Trinajstić information content (AvgIpc) is 3.20. The molecule has 0 fully saturated rings. The number of hydrogen-bond donors (Lipinski definition) is 2. The van der Waals surface area contributed by atoms with Crippen molar-refractivity contribution in [2.24, 2.45) is 0 Å². The molecule has 0 bridgehead atoms. The molecule has 3 aromatic carbocycles. The Morgan fingerprint density at radius 1 is 0.933 bits per heavy atom. The first-order valence-electron chi connectivity index (χ1n) is 9.57. The zero-order chi connectivity index (χ0) is 21.1. The Hall–Kier alpha value is -3.93. The van der Waals surface area contributed by atoms with Crippen molar-refractivity contribution in [3.8, 4) is 28.3 Å². The molecule has 4 aromatic rings. The molecule has 30 heavy (non-hydrogen) atoms. The fourth-order valence-corrected chi connectivity index (χ4v) is 3.18. The number of hydrogen-bond acceptors (Lipinski definition) is 5. The van der Waals surface area contributed by atoms with Crippen LogP contribution in [0.5, 0.6) is 5.75 Å². The molecule has 0 aliphatic carbocycles. The molecule has 4 rings (SSSR count). The second-order valence-electron chi connectivity index (χ2n) is 7.08. The van der Waals surface area contributed by atoms with Crippen molar-refractivity contribution in [1.82, 2.24) is 15.5 Å². The number of carbonyl (C=O) groups is 1. The van der Waals surface area contributed by atoms with Crippen LogP contribution in [-0.4, -0.2) is 21.2 Å². The zero-order valence-electron chi connectivity index (χ0n) is 16.7. The second kappa shape index (κ2) is 8.21. The van der Waals surface area contributed by atoms with Crippen LogP contribution in [0.15, 0.2) is 71.1 Å². The van der Waals surface area contributed by atoms with Gasteiger partial charge in [-0.15, -0.1) is 10.2 Å². The number of aromatic hydroxyl groups is 1. The number of phenolic OH excluding ortho intramolecular Hbond substituents is 1. The lowest BCUT2D eigenvalue weighted by molar-refractivity contribution is 0.0951. The molecule has 1 aromatic heterocycles. The summed E-state index contributed by atoms with van der Waals surface area (Å²) >= 11 is 0. The summed E-state index contributed by atoms with van der Waals surface area (Å²) in [4.78, 5) is 12.5. The summed E-state index contributed by atoms with van der Waals surface area (Å²) in [7, 11) is 0. The fourth-order valence-electron chi connectivity index (χ4n) is 3.18. The smallest absolute Gasteiger partial charge is 0.251 e. The minimum absolute atomic E-state index is 0.151. The number of nitrogens with zero attached hydrogens (tertiary/aromatic N) is 2. The Bertz CT molecular complexity index is 1180. The third-order valence-corrected chi connectivity index (χ3v) is 4.86. The first-order valence-corrected chi connectivity index (χ1v) is 9.57. The van der Waals surface area contributed by atoms with Gasteiger partial charge in [-0.25, -0.2) is 0 Å². The molecule has 6 heteroatoms. The van der Waals surface area contributed by atoms with Crippen molar-refractivity contribution in [3.63, 3.8) is 0 Å². The number of nitrogens with one attached hydrogen (secondary N) is 1. The highest BCUT2D eigenvalue weighted by atomic mass is 16.4. The monoisotopic (exact) mass is 399 g/mol. The summed E-state index contributed by atoms with van der Waals surface area (Å²) in [5.74, 6) is 1.06. The van der Waals surface area contributed by atoms with Gasteiger partial charge in [-0.3, -0.25) is 4.79 Å². The molecule has 150 valence electrons. The number of phenols is 1. The van der Waals surface area contributed by atoms with E-state index in [1.165, 1.54) is 0 Å². The fraction of sp³-hybridized carbons (Fsp3) is 0.125. The molecule has 0 aliphatic heterocycles. The van der Waals surface area contributed by atoms with Crippen LogP contribution < -0.4 is 5.32 Å². The molecule has 1 amide bonds. The molecule has 0 radical (unpaired) electrons. The summed E-state index contributed by atoms with van der Waals surface area (Å²) in [6.07, 6.45) is 0. The normalized spacial score (nSPS) is 10.7. The van der Waals surface area contributed by atoms with Crippen LogP contribution in [0, 0.1) is 13.8 Å². The van der Waals surface area contributed by atoms with Crippen LogP contribution in [0.25, 0.3) is 22.6 Å². The van der Waals surface area contributed by atoms with Gasteiger partial charge in [-0.2, -0.15) is 0 Å². The predicted octanol–water partition coefficient (Wildman–Crippen LogP) is 4.66.